The summed E-state index contributed by atoms with van der Waals surface area (Å²) in [4.78, 5) is 24.8. The Morgan fingerprint density at radius 3 is 2.37 bits per heavy atom. The zero-order valence-electron chi connectivity index (χ0n) is 18.7. The minimum Gasteiger partial charge on any atom is -1.00 e. The Labute approximate surface area is 195 Å². The van der Waals surface area contributed by atoms with Gasteiger partial charge in [0.15, 0.2) is 17.6 Å². The molecule has 0 aliphatic carbocycles. The molecule has 3 N–H and O–H groups in total. The molecule has 1 amide bonds. The molecule has 0 saturated carbocycles. The molecule has 0 aliphatic rings. The average Bonchev–Trinajstić information content (AvgIpc) is 2.95. The van der Waals surface area contributed by atoms with Gasteiger partial charge in [0.2, 0.25) is 0 Å². The van der Waals surface area contributed by atoms with Crippen molar-refractivity contribution in [2.24, 2.45) is 5.73 Å². The Bertz CT molecular complexity index is 903. The largest absolute Gasteiger partial charge is 1.00 e. The molecule has 0 unspecified atom stereocenters. The van der Waals surface area contributed by atoms with E-state index in [0.29, 0.717) is 24.4 Å². The van der Waals surface area contributed by atoms with E-state index in [1.165, 1.54) is 0 Å². The van der Waals surface area contributed by atoms with Gasteiger partial charge in [0, 0.05) is 18.7 Å². The van der Waals surface area contributed by atoms with Crippen LogP contribution >= 0.6 is 0 Å². The Balaban J connectivity index is 0.00000450. The summed E-state index contributed by atoms with van der Waals surface area (Å²) < 4.78 is 15.2. The smallest absolute Gasteiger partial charge is 0.344 e. The number of halogens is 1. The topological polar surface area (TPSA) is 99.5 Å². The van der Waals surface area contributed by atoms with Crippen LogP contribution in [0.15, 0.2) is 12.1 Å². The highest BCUT2D eigenvalue weighted by Crippen LogP contribution is 2.27. The van der Waals surface area contributed by atoms with Crippen molar-refractivity contribution in [3.63, 3.8) is 0 Å². The summed E-state index contributed by atoms with van der Waals surface area (Å²) >= 11 is 0. The lowest BCUT2D eigenvalue weighted by Crippen LogP contribution is -3.00. The maximum atomic E-state index is 12.7. The Morgan fingerprint density at radius 2 is 1.87 bits per heavy atom. The van der Waals surface area contributed by atoms with E-state index in [4.69, 9.17) is 15.2 Å². The molecule has 0 atom stereocenters. The van der Waals surface area contributed by atoms with Crippen molar-refractivity contribution in [3.8, 4) is 5.75 Å². The van der Waals surface area contributed by atoms with Crippen LogP contribution in [0, 0.1) is 0 Å². The number of hydrogen-bond donors (Lipinski definition) is 2. The molecule has 0 aliphatic heterocycles. The molecule has 1 aromatic carbocycles. The minimum atomic E-state index is -0.605. The molecule has 0 bridgehead atoms. The molecule has 8 nitrogen and oxygen atoms in total. The van der Waals surface area contributed by atoms with Gasteiger partial charge in [-0.3, -0.25) is 4.79 Å². The van der Waals surface area contributed by atoms with Crippen LogP contribution in [0.1, 0.15) is 57.7 Å². The third-order valence-electron chi connectivity index (χ3n) is 4.44. The fourth-order valence-corrected chi connectivity index (χ4v) is 3.40. The standard InChI is InChI=1S/C21H32N4O4.HI/c1-7-23-20(27)14-10-15-16(25(9-3)18(12-22)24(15)8-2)11-17(14)28-13-19(26)29-21(4,5)6;/h10-11H,7-9,12-13,22H2,1-6H3;1H. The van der Waals surface area contributed by atoms with Gasteiger partial charge in [-0.2, -0.15) is 0 Å². The lowest BCUT2D eigenvalue weighted by molar-refractivity contribution is -0.676. The quantitative estimate of drug-likeness (QED) is 0.256. The summed E-state index contributed by atoms with van der Waals surface area (Å²) in [6.45, 7) is 13.3. The Morgan fingerprint density at radius 1 is 1.20 bits per heavy atom. The van der Waals surface area contributed by atoms with Gasteiger partial charge in [-0.25, -0.2) is 13.9 Å². The van der Waals surface area contributed by atoms with Gasteiger partial charge in [-0.15, -0.1) is 0 Å². The normalized spacial score (nSPS) is 11.2. The molecule has 0 spiro atoms. The van der Waals surface area contributed by atoms with Gasteiger partial charge >= 0.3 is 5.97 Å². The van der Waals surface area contributed by atoms with Gasteiger partial charge in [0.05, 0.1) is 25.2 Å². The number of aryl methyl sites for hydroxylation is 2. The summed E-state index contributed by atoms with van der Waals surface area (Å²) in [6, 6.07) is 3.61. The second-order valence-electron chi connectivity index (χ2n) is 7.68. The van der Waals surface area contributed by atoms with Crippen LogP contribution in [0.5, 0.6) is 5.75 Å². The lowest BCUT2D eigenvalue weighted by Gasteiger charge is -2.19. The summed E-state index contributed by atoms with van der Waals surface area (Å²) in [5.74, 6) is 0.566. The number of rotatable bonds is 8. The number of aromatic nitrogens is 2. The monoisotopic (exact) mass is 532 g/mol. The van der Waals surface area contributed by atoms with E-state index in [9.17, 15) is 9.59 Å². The molecule has 0 radical (unpaired) electrons. The van der Waals surface area contributed by atoms with Crippen molar-refractivity contribution in [1.29, 1.82) is 0 Å². The number of esters is 1. The second-order valence-corrected chi connectivity index (χ2v) is 7.68. The van der Waals surface area contributed by atoms with E-state index in [-0.39, 0.29) is 36.5 Å². The zero-order chi connectivity index (χ0) is 21.8. The van der Waals surface area contributed by atoms with Crippen LogP contribution < -0.4 is 44.3 Å². The number of hydrogen-bond acceptors (Lipinski definition) is 5. The van der Waals surface area contributed by atoms with Crippen LogP contribution in [-0.2, 0) is 29.2 Å². The molecular formula is C21H33IN4O4. The molecule has 2 rings (SSSR count). The van der Waals surface area contributed by atoms with E-state index in [1.807, 2.05) is 20.8 Å². The van der Waals surface area contributed by atoms with E-state index in [2.05, 4.69) is 14.5 Å². The third kappa shape index (κ3) is 5.84. The van der Waals surface area contributed by atoms with Crippen LogP contribution in [-0.4, -0.2) is 35.2 Å². The van der Waals surface area contributed by atoms with E-state index < -0.39 is 11.6 Å². The van der Waals surface area contributed by atoms with Gasteiger partial charge in [0.25, 0.3) is 11.7 Å². The molecule has 0 saturated heterocycles. The average molecular weight is 532 g/mol. The highest BCUT2D eigenvalue weighted by molar-refractivity contribution is 6.00. The highest BCUT2D eigenvalue weighted by atomic mass is 127. The summed E-state index contributed by atoms with van der Waals surface area (Å²) in [5.41, 5.74) is 7.57. The summed E-state index contributed by atoms with van der Waals surface area (Å²) in [5, 5.41) is 2.80. The number of nitrogens with one attached hydrogen (secondary N) is 1. The number of imidazole rings is 1. The number of ether oxygens (including phenoxy) is 2. The third-order valence-corrected chi connectivity index (χ3v) is 4.44. The van der Waals surface area contributed by atoms with Crippen molar-refractivity contribution >= 4 is 22.9 Å². The number of carbonyl (C=O) groups excluding carboxylic acids is 2. The first-order valence-corrected chi connectivity index (χ1v) is 10.1. The number of amides is 1. The van der Waals surface area contributed by atoms with Crippen LogP contribution in [0.2, 0.25) is 0 Å². The predicted molar refractivity (Wildman–Crippen MR) is 111 cm³/mol. The number of benzene rings is 1. The fraction of sp³-hybridized carbons (Fsp3) is 0.571. The van der Waals surface area contributed by atoms with E-state index in [0.717, 1.165) is 29.9 Å². The van der Waals surface area contributed by atoms with Gasteiger partial charge < -0.3 is 44.5 Å². The molecule has 168 valence electrons. The minimum absolute atomic E-state index is 0. The zero-order valence-corrected chi connectivity index (χ0v) is 20.8. The van der Waals surface area contributed by atoms with Gasteiger partial charge in [-0.1, -0.05) is 0 Å². The van der Waals surface area contributed by atoms with Crippen molar-refractivity contribution in [2.45, 2.75) is 66.8 Å². The highest BCUT2D eigenvalue weighted by Gasteiger charge is 2.27. The molecule has 2 aromatic rings. The first-order valence-electron chi connectivity index (χ1n) is 10.1. The fourth-order valence-electron chi connectivity index (χ4n) is 3.40. The van der Waals surface area contributed by atoms with E-state index >= 15 is 0 Å². The lowest BCUT2D eigenvalue weighted by atomic mass is 10.1. The first-order chi connectivity index (χ1) is 13.7. The molecule has 0 fully saturated rings. The van der Waals surface area contributed by atoms with Crippen molar-refractivity contribution in [2.75, 3.05) is 13.2 Å². The number of fused-ring (bicyclic) bond motifs is 1. The number of carbonyl (C=O) groups is 2. The Hall–Kier alpha value is -1.88. The van der Waals surface area contributed by atoms with Crippen molar-refractivity contribution in [3.05, 3.63) is 23.5 Å². The van der Waals surface area contributed by atoms with Crippen molar-refractivity contribution in [1.82, 2.24) is 9.88 Å². The second kappa shape index (κ2) is 10.9. The van der Waals surface area contributed by atoms with Gasteiger partial charge in [-0.05, 0) is 41.5 Å². The molecular weight excluding hydrogens is 499 g/mol. The number of nitrogens with two attached hydrogens (primary N) is 1. The van der Waals surface area contributed by atoms with E-state index in [1.54, 1.807) is 32.9 Å². The molecule has 9 heteroatoms. The predicted octanol–water partition coefficient (Wildman–Crippen LogP) is -1.10. The summed E-state index contributed by atoms with van der Waals surface area (Å²) in [7, 11) is 0. The van der Waals surface area contributed by atoms with Crippen LogP contribution in [0.25, 0.3) is 11.0 Å². The molecule has 1 aromatic heterocycles. The first kappa shape index (κ1) is 26.2. The molecule has 1 heterocycles. The number of nitrogens with zero attached hydrogens (tertiary/aromatic N) is 2. The van der Waals surface area contributed by atoms with Crippen molar-refractivity contribution < 1.29 is 47.6 Å². The van der Waals surface area contributed by atoms with Crippen LogP contribution in [0.4, 0.5) is 0 Å². The van der Waals surface area contributed by atoms with Gasteiger partial charge in [0.1, 0.15) is 11.4 Å². The Kier molecular flexibility index (Phi) is 9.54. The maximum absolute atomic E-state index is 12.7. The molecule has 30 heavy (non-hydrogen) atoms. The summed E-state index contributed by atoms with van der Waals surface area (Å²) in [6.07, 6.45) is 0. The SMILES string of the molecule is CCNC(=O)c1cc2c(cc1OCC(=O)OC(C)(C)C)[n+](CC)c(CN)n2CC.[I-]. The van der Waals surface area contributed by atoms with Crippen LogP contribution in [0.3, 0.4) is 0 Å². The maximum Gasteiger partial charge on any atom is 0.344 e.